The van der Waals surface area contributed by atoms with Gasteiger partial charge in [-0.1, -0.05) is 40.9 Å². The van der Waals surface area contributed by atoms with Crippen molar-refractivity contribution in [3.8, 4) is 0 Å². The van der Waals surface area contributed by atoms with Gasteiger partial charge in [-0.05, 0) is 18.8 Å². The number of fused-ring (bicyclic) bond motifs is 1. The Balaban J connectivity index is 2.14. The van der Waals surface area contributed by atoms with Crippen LogP contribution in [-0.4, -0.2) is 5.16 Å². The molecule has 14 heavy (non-hydrogen) atoms. The molecule has 0 N–H and O–H groups in total. The molecule has 2 rings (SSSR count). The zero-order valence-electron chi connectivity index (χ0n) is 8.55. The zero-order chi connectivity index (χ0) is 9.97. The Kier molecular flexibility index (Phi) is 3.26. The molecule has 1 aromatic heterocycles. The van der Waals surface area contributed by atoms with Crippen molar-refractivity contribution in [2.24, 2.45) is 5.92 Å². The number of nitrogens with zero attached hydrogens (tertiary/aromatic N) is 1. The van der Waals surface area contributed by atoms with Crippen molar-refractivity contribution in [2.45, 2.75) is 44.4 Å². The number of rotatable bonds is 3. The predicted molar refractivity (Wildman–Crippen MR) is 59.6 cm³/mol. The van der Waals surface area contributed by atoms with Crippen molar-refractivity contribution in [3.05, 3.63) is 17.0 Å². The summed E-state index contributed by atoms with van der Waals surface area (Å²) in [4.78, 5) is 0. The summed E-state index contributed by atoms with van der Waals surface area (Å²) in [5, 5.41) is 4.91. The third-order valence-electron chi connectivity index (χ3n) is 3.05. The number of hydrogen-bond acceptors (Lipinski definition) is 2. The lowest BCUT2D eigenvalue weighted by molar-refractivity contribution is 0.339. The van der Waals surface area contributed by atoms with Gasteiger partial charge in [0.25, 0.3) is 0 Å². The first-order valence-corrected chi connectivity index (χ1v) is 6.49. The predicted octanol–water partition coefficient (Wildman–Crippen LogP) is 3.47. The topological polar surface area (TPSA) is 26.0 Å². The first-order valence-electron chi connectivity index (χ1n) is 5.37. The second-order valence-corrected chi connectivity index (χ2v) is 4.62. The lowest BCUT2D eigenvalue weighted by Crippen LogP contribution is -2.13. The summed E-state index contributed by atoms with van der Waals surface area (Å²) in [5.41, 5.74) is 2.49. The van der Waals surface area contributed by atoms with E-state index in [4.69, 9.17) is 4.52 Å². The number of halogens is 1. The molecule has 1 atom stereocenters. The van der Waals surface area contributed by atoms with Gasteiger partial charge in [-0.2, -0.15) is 0 Å². The molecule has 0 aromatic carbocycles. The molecular weight excluding hydrogens is 242 g/mol. The molecular formula is C11H16BrNO. The molecule has 0 fully saturated rings. The Morgan fingerprint density at radius 3 is 3.14 bits per heavy atom. The molecule has 0 spiro atoms. The Hall–Kier alpha value is -0.310. The Labute approximate surface area is 93.2 Å². The molecule has 1 unspecified atom stereocenters. The fourth-order valence-corrected chi connectivity index (χ4v) is 2.74. The summed E-state index contributed by atoms with van der Waals surface area (Å²) in [7, 11) is 0. The molecule has 2 nitrogen and oxygen atoms in total. The van der Waals surface area contributed by atoms with Crippen LogP contribution in [0.4, 0.5) is 0 Å². The minimum Gasteiger partial charge on any atom is -0.361 e. The van der Waals surface area contributed by atoms with Crippen molar-refractivity contribution in [1.82, 2.24) is 5.16 Å². The summed E-state index contributed by atoms with van der Waals surface area (Å²) in [6.07, 6.45) is 6.16. The molecule has 0 bridgehead atoms. The van der Waals surface area contributed by atoms with Gasteiger partial charge in [0, 0.05) is 17.3 Å². The van der Waals surface area contributed by atoms with Crippen molar-refractivity contribution in [1.29, 1.82) is 0 Å². The van der Waals surface area contributed by atoms with E-state index in [1.165, 1.54) is 31.2 Å². The number of hydrogen-bond donors (Lipinski definition) is 0. The van der Waals surface area contributed by atoms with Crippen LogP contribution in [0, 0.1) is 5.92 Å². The number of aromatic nitrogens is 1. The monoisotopic (exact) mass is 257 g/mol. The van der Waals surface area contributed by atoms with Crippen LogP contribution < -0.4 is 0 Å². The van der Waals surface area contributed by atoms with Crippen LogP contribution in [0.15, 0.2) is 4.52 Å². The van der Waals surface area contributed by atoms with Gasteiger partial charge < -0.3 is 4.52 Å². The summed E-state index contributed by atoms with van der Waals surface area (Å²) in [6.45, 7) is 2.26. The molecule has 0 aliphatic heterocycles. The zero-order valence-corrected chi connectivity index (χ0v) is 10.1. The molecule has 0 saturated heterocycles. The van der Waals surface area contributed by atoms with Gasteiger partial charge in [0.15, 0.2) is 0 Å². The lowest BCUT2D eigenvalue weighted by atomic mass is 9.84. The van der Waals surface area contributed by atoms with Gasteiger partial charge in [-0.15, -0.1) is 0 Å². The van der Waals surface area contributed by atoms with Crippen LogP contribution in [0.3, 0.4) is 0 Å². The average molecular weight is 258 g/mol. The maximum absolute atomic E-state index is 5.32. The smallest absolute Gasteiger partial charge is 0.140 e. The van der Waals surface area contributed by atoms with E-state index in [2.05, 4.69) is 28.0 Å². The van der Waals surface area contributed by atoms with E-state index >= 15 is 0 Å². The van der Waals surface area contributed by atoms with Crippen molar-refractivity contribution >= 4 is 15.9 Å². The van der Waals surface area contributed by atoms with Crippen LogP contribution in [-0.2, 0) is 18.2 Å². The van der Waals surface area contributed by atoms with Crippen LogP contribution in [0.1, 0.15) is 43.2 Å². The van der Waals surface area contributed by atoms with Gasteiger partial charge in [-0.3, -0.25) is 0 Å². The second kappa shape index (κ2) is 4.47. The van der Waals surface area contributed by atoms with Gasteiger partial charge in [0.05, 0.1) is 5.69 Å². The third-order valence-corrected chi connectivity index (χ3v) is 3.58. The highest BCUT2D eigenvalue weighted by molar-refractivity contribution is 9.08. The van der Waals surface area contributed by atoms with Crippen molar-refractivity contribution in [3.63, 3.8) is 0 Å². The fraction of sp³-hybridized carbons (Fsp3) is 0.727. The maximum atomic E-state index is 5.32. The summed E-state index contributed by atoms with van der Waals surface area (Å²) in [6, 6.07) is 0. The molecule has 0 radical (unpaired) electrons. The average Bonchev–Trinajstić information content (AvgIpc) is 2.60. The third kappa shape index (κ3) is 1.88. The molecule has 1 aromatic rings. The molecule has 3 heteroatoms. The largest absolute Gasteiger partial charge is 0.361 e. The molecule has 78 valence electrons. The lowest BCUT2D eigenvalue weighted by Gasteiger charge is -2.20. The highest BCUT2D eigenvalue weighted by Gasteiger charge is 2.24. The Morgan fingerprint density at radius 2 is 2.43 bits per heavy atom. The molecule has 1 aliphatic rings. The van der Waals surface area contributed by atoms with Crippen LogP contribution in [0.2, 0.25) is 0 Å². The van der Waals surface area contributed by atoms with E-state index in [-0.39, 0.29) is 0 Å². The van der Waals surface area contributed by atoms with Crippen LogP contribution >= 0.6 is 15.9 Å². The summed E-state index contributed by atoms with van der Waals surface area (Å²) in [5.74, 6) is 1.98. The van der Waals surface area contributed by atoms with E-state index in [1.54, 1.807) is 0 Å². The van der Waals surface area contributed by atoms with Crippen molar-refractivity contribution < 1.29 is 4.52 Å². The van der Waals surface area contributed by atoms with Crippen molar-refractivity contribution in [2.75, 3.05) is 0 Å². The van der Waals surface area contributed by atoms with Gasteiger partial charge >= 0.3 is 0 Å². The van der Waals surface area contributed by atoms with Gasteiger partial charge in [0.1, 0.15) is 5.76 Å². The first-order chi connectivity index (χ1) is 6.85. The molecule has 0 saturated carbocycles. The molecule has 1 aliphatic carbocycles. The number of alkyl halides is 1. The SMILES string of the molecule is CCCC1CCc2onc(CBr)c2C1. The second-order valence-electron chi connectivity index (χ2n) is 4.06. The molecule has 1 heterocycles. The van der Waals surface area contributed by atoms with E-state index in [9.17, 15) is 0 Å². The minimum absolute atomic E-state index is 0.824. The van der Waals surface area contributed by atoms with E-state index in [0.29, 0.717) is 0 Å². The Bertz CT molecular complexity index is 295. The summed E-state index contributed by atoms with van der Waals surface area (Å²) < 4.78 is 5.32. The quantitative estimate of drug-likeness (QED) is 0.776. The number of aryl methyl sites for hydroxylation is 1. The van der Waals surface area contributed by atoms with E-state index in [0.717, 1.165) is 29.1 Å². The van der Waals surface area contributed by atoms with E-state index < -0.39 is 0 Å². The van der Waals surface area contributed by atoms with Gasteiger partial charge in [0.2, 0.25) is 0 Å². The highest BCUT2D eigenvalue weighted by Crippen LogP contribution is 2.31. The fourth-order valence-electron chi connectivity index (χ4n) is 2.30. The standard InChI is InChI=1S/C11H16BrNO/c1-2-3-8-4-5-11-9(6-8)10(7-12)13-14-11/h8H,2-7H2,1H3. The van der Waals surface area contributed by atoms with Crippen LogP contribution in [0.25, 0.3) is 0 Å². The first kappa shape index (κ1) is 10.2. The normalized spacial score (nSPS) is 20.9. The summed E-state index contributed by atoms with van der Waals surface area (Å²) >= 11 is 3.45. The highest BCUT2D eigenvalue weighted by atomic mass is 79.9. The maximum Gasteiger partial charge on any atom is 0.140 e. The van der Waals surface area contributed by atoms with Crippen LogP contribution in [0.5, 0.6) is 0 Å². The Morgan fingerprint density at radius 1 is 1.57 bits per heavy atom. The minimum atomic E-state index is 0.824. The molecule has 0 amide bonds. The van der Waals surface area contributed by atoms with E-state index in [1.807, 2.05) is 0 Å². The van der Waals surface area contributed by atoms with Gasteiger partial charge in [-0.25, -0.2) is 0 Å².